The first-order chi connectivity index (χ1) is 57.5. The van der Waals surface area contributed by atoms with Gasteiger partial charge >= 0.3 is 7.12 Å². The van der Waals surface area contributed by atoms with Crippen LogP contribution in [0.25, 0.3) is 208 Å². The minimum atomic E-state index is -0.403. The molecule has 1 aliphatic rings. The number of halogens is 1. The molecule has 22 aromatic rings. The summed E-state index contributed by atoms with van der Waals surface area (Å²) in [6.45, 7) is 6.29. The Hall–Kier alpha value is -13.7. The maximum absolute atomic E-state index is 6.43. The highest BCUT2D eigenvalue weighted by atomic mass is 79.9. The van der Waals surface area contributed by atoms with Gasteiger partial charge in [0.05, 0.1) is 34.1 Å². The Morgan fingerprint density at radius 1 is 0.248 bits per heavy atom. The van der Waals surface area contributed by atoms with Gasteiger partial charge in [-0.15, -0.1) is 0 Å². The van der Waals surface area contributed by atoms with Gasteiger partial charge in [-0.1, -0.05) is 362 Å². The number of fused-ring (bicyclic) bond motifs is 14. The van der Waals surface area contributed by atoms with Crippen LogP contribution in [0.2, 0.25) is 0 Å². The Morgan fingerprint density at radius 2 is 0.538 bits per heavy atom. The summed E-state index contributed by atoms with van der Waals surface area (Å²) in [4.78, 5) is 10.1. The lowest BCUT2D eigenvalue weighted by Gasteiger charge is -2.21. The molecule has 117 heavy (non-hydrogen) atoms. The molecule has 6 heteroatoms. The van der Waals surface area contributed by atoms with E-state index in [1.54, 1.807) is 0 Å². The molecule has 2 aromatic heterocycles. The van der Waals surface area contributed by atoms with E-state index >= 15 is 0 Å². The number of benzene rings is 20. The molecule has 1 fully saturated rings. The molecule has 0 bridgehead atoms. The standard InChI is InChI=1S/C53H33N.C39H31BO2.C19H12BrN/c1-3-12-40-31-43(25-19-34(40)9-1)51-46-15-7-8-16-47(46)52(44-26-20-35-10-2-4-13-41(35)32-44)49-33-42(27-29-48(49)51)36-17-22-38(23-18-36)50-30-28-39-24-21-37-11-5-6-14-45(37)53(39)54-50;1-25-39(2,3)42-40(41-25)32-20-21-35-36(24-32)38(31-19-17-27-11-5-7-13-29(27)23-31)34-15-9-8-14-33(34)37(35)30-18-16-26-10-4-6-12-28(26)22-30;20-16-10-7-14(8-11-16)18-12-9-15-6-5-13-3-1-2-4-17(13)19(15)21-18/h1-33H;4-25H,1-3H3;1-12H. The van der Waals surface area contributed by atoms with Gasteiger partial charge in [0.2, 0.25) is 0 Å². The van der Waals surface area contributed by atoms with Gasteiger partial charge in [-0.2, -0.15) is 0 Å². The quantitative estimate of drug-likeness (QED) is 0.0864. The molecular weight excluding hydrogens is 1480 g/mol. The van der Waals surface area contributed by atoms with Crippen molar-refractivity contribution >= 4 is 158 Å². The summed E-state index contributed by atoms with van der Waals surface area (Å²) >= 11 is 3.47. The van der Waals surface area contributed by atoms with Crippen molar-refractivity contribution in [3.63, 3.8) is 0 Å². The third-order valence-corrected chi connectivity index (χ3v) is 24.6. The van der Waals surface area contributed by atoms with Crippen LogP contribution < -0.4 is 5.46 Å². The summed E-state index contributed by atoms with van der Waals surface area (Å²) in [5, 5.41) is 27.0. The number of nitrogens with zero attached hydrogens (tertiary/aromatic N) is 2. The number of hydrogen-bond acceptors (Lipinski definition) is 4. The molecule has 0 saturated carbocycles. The lowest BCUT2D eigenvalue weighted by molar-refractivity contribution is 0.0842. The van der Waals surface area contributed by atoms with Crippen molar-refractivity contribution in [3.8, 4) is 78.1 Å². The summed E-state index contributed by atoms with van der Waals surface area (Å²) in [7, 11) is -0.403. The van der Waals surface area contributed by atoms with Crippen molar-refractivity contribution in [2.75, 3.05) is 0 Å². The number of hydrogen-bond donors (Lipinski definition) is 0. The van der Waals surface area contributed by atoms with Crippen LogP contribution in [0.4, 0.5) is 0 Å². The molecular formula is C111H76BBrN2O2. The number of pyridine rings is 2. The van der Waals surface area contributed by atoms with Crippen LogP contribution in [0.3, 0.4) is 0 Å². The highest BCUT2D eigenvalue weighted by Crippen LogP contribution is 2.48. The Balaban J connectivity index is 0.000000120. The normalized spacial score (nSPS) is 13.4. The van der Waals surface area contributed by atoms with E-state index in [9.17, 15) is 0 Å². The van der Waals surface area contributed by atoms with Crippen LogP contribution in [0, 0.1) is 0 Å². The van der Waals surface area contributed by atoms with Gasteiger partial charge in [0, 0.05) is 37.1 Å². The molecule has 23 rings (SSSR count). The molecule has 3 heterocycles. The van der Waals surface area contributed by atoms with Crippen LogP contribution in [-0.2, 0) is 9.31 Å². The minimum Gasteiger partial charge on any atom is -0.402 e. The highest BCUT2D eigenvalue weighted by Gasteiger charge is 2.44. The zero-order valence-corrected chi connectivity index (χ0v) is 66.4. The molecule has 1 unspecified atom stereocenters. The van der Waals surface area contributed by atoms with Gasteiger partial charge in [-0.3, -0.25) is 0 Å². The van der Waals surface area contributed by atoms with E-state index < -0.39 is 7.12 Å². The molecule has 1 atom stereocenters. The summed E-state index contributed by atoms with van der Waals surface area (Å²) in [6, 6.07) is 145. The molecule has 4 nitrogen and oxygen atoms in total. The van der Waals surface area contributed by atoms with Gasteiger partial charge in [0.25, 0.3) is 0 Å². The molecule has 0 aliphatic carbocycles. The predicted molar refractivity (Wildman–Crippen MR) is 502 cm³/mol. The fourth-order valence-electron chi connectivity index (χ4n) is 17.7. The van der Waals surface area contributed by atoms with Gasteiger partial charge < -0.3 is 9.31 Å². The van der Waals surface area contributed by atoms with Crippen LogP contribution in [0.15, 0.2) is 405 Å². The van der Waals surface area contributed by atoms with Crippen molar-refractivity contribution in [2.45, 2.75) is 32.5 Å². The molecule has 1 aliphatic heterocycles. The van der Waals surface area contributed by atoms with E-state index in [2.05, 4.69) is 425 Å². The lowest BCUT2D eigenvalue weighted by Crippen LogP contribution is -2.34. The third kappa shape index (κ3) is 13.2. The Labute approximate surface area is 687 Å². The molecule has 20 aromatic carbocycles. The van der Waals surface area contributed by atoms with Gasteiger partial charge in [0.1, 0.15) is 0 Å². The van der Waals surface area contributed by atoms with Crippen LogP contribution >= 0.6 is 15.9 Å². The van der Waals surface area contributed by atoms with Crippen molar-refractivity contribution in [2.24, 2.45) is 0 Å². The SMILES string of the molecule is Brc1ccc(-c2ccc3ccc4ccccc4c3n2)cc1.CC1OB(c2ccc3c(-c4ccc5ccccc5c4)c4ccccc4c(-c4ccc5ccccc5c4)c3c2)OC1(C)C.c1ccc2cc(-c3c4ccccc4c(-c4ccc5ccccc5c4)c4cc(-c5ccc(-c6ccc7ccc8ccccc8c7n6)cc5)ccc34)ccc2c1. The maximum Gasteiger partial charge on any atom is 0.494 e. The fraction of sp³-hybridized carbons (Fsp3) is 0.0450. The van der Waals surface area contributed by atoms with Gasteiger partial charge in [-0.25, -0.2) is 9.97 Å². The second-order valence-electron chi connectivity index (χ2n) is 31.4. The molecule has 0 radical (unpaired) electrons. The first-order valence-corrected chi connectivity index (χ1v) is 41.0. The first kappa shape index (κ1) is 71.1. The Bertz CT molecular complexity index is 7730. The summed E-state index contributed by atoms with van der Waals surface area (Å²) in [5.74, 6) is 0. The average Bonchev–Trinajstić information content (AvgIpc) is 1.28. The van der Waals surface area contributed by atoms with E-state index in [1.165, 1.54) is 169 Å². The highest BCUT2D eigenvalue weighted by molar-refractivity contribution is 9.10. The van der Waals surface area contributed by atoms with E-state index in [1.807, 2.05) is 12.1 Å². The first-order valence-electron chi connectivity index (χ1n) is 40.2. The molecule has 1 saturated heterocycles. The minimum absolute atomic E-state index is 0.00270. The molecule has 552 valence electrons. The molecule has 0 amide bonds. The largest absolute Gasteiger partial charge is 0.494 e. The van der Waals surface area contributed by atoms with E-state index in [-0.39, 0.29) is 11.7 Å². The van der Waals surface area contributed by atoms with Crippen LogP contribution in [0.5, 0.6) is 0 Å². The molecule has 0 spiro atoms. The lowest BCUT2D eigenvalue weighted by atomic mass is 9.76. The van der Waals surface area contributed by atoms with Crippen LogP contribution in [-0.4, -0.2) is 28.8 Å². The van der Waals surface area contributed by atoms with Crippen molar-refractivity contribution < 1.29 is 9.31 Å². The predicted octanol–water partition coefficient (Wildman–Crippen LogP) is 30.0. The zero-order valence-electron chi connectivity index (χ0n) is 64.8. The second-order valence-corrected chi connectivity index (χ2v) is 32.3. The maximum atomic E-state index is 6.43. The van der Waals surface area contributed by atoms with E-state index in [0.29, 0.717) is 0 Å². The van der Waals surface area contributed by atoms with Crippen molar-refractivity contribution in [3.05, 3.63) is 405 Å². The number of aromatic nitrogens is 2. The Kier molecular flexibility index (Phi) is 18.0. The number of rotatable bonds is 8. The summed E-state index contributed by atoms with van der Waals surface area (Å²) < 4.78 is 13.9. The zero-order chi connectivity index (χ0) is 78.2. The third-order valence-electron chi connectivity index (χ3n) is 24.0. The van der Waals surface area contributed by atoms with Crippen molar-refractivity contribution in [1.82, 2.24) is 9.97 Å². The topological polar surface area (TPSA) is 44.2 Å². The van der Waals surface area contributed by atoms with Crippen molar-refractivity contribution in [1.29, 1.82) is 0 Å². The fourth-order valence-corrected chi connectivity index (χ4v) is 18.0. The summed E-state index contributed by atoms with van der Waals surface area (Å²) in [5.41, 5.74) is 19.3. The summed E-state index contributed by atoms with van der Waals surface area (Å²) in [6.07, 6.45) is 0.00270. The van der Waals surface area contributed by atoms with E-state index in [0.717, 1.165) is 48.9 Å². The van der Waals surface area contributed by atoms with Gasteiger partial charge in [-0.05, 0) is 233 Å². The average molecular weight is 1560 g/mol. The monoisotopic (exact) mass is 1560 g/mol. The second kappa shape index (κ2) is 29.6. The van der Waals surface area contributed by atoms with Crippen LogP contribution in [0.1, 0.15) is 20.8 Å². The van der Waals surface area contributed by atoms with Gasteiger partial charge in [0.15, 0.2) is 0 Å². The van der Waals surface area contributed by atoms with E-state index in [4.69, 9.17) is 19.3 Å². The molecule has 0 N–H and O–H groups in total. The Morgan fingerprint density at radius 3 is 0.940 bits per heavy atom. The smallest absolute Gasteiger partial charge is 0.402 e.